The zero-order valence-electron chi connectivity index (χ0n) is 23.8. The molecule has 6 aromatic carbocycles. The normalized spacial score (nSPS) is 12.0. The molecule has 5 nitrogen and oxygen atoms in total. The lowest BCUT2D eigenvalue weighted by atomic mass is 10.1. The lowest BCUT2D eigenvalue weighted by Gasteiger charge is -2.11. The number of fused-ring (bicyclic) bond motifs is 10. The molecule has 0 spiro atoms. The Labute approximate surface area is 260 Å². The molecule has 0 atom stereocenters. The van der Waals surface area contributed by atoms with Gasteiger partial charge < -0.3 is 4.42 Å². The second-order valence-electron chi connectivity index (χ2n) is 11.2. The zero-order chi connectivity index (χ0) is 29.5. The fraction of sp³-hybridized carbons (Fsp3) is 0. The smallest absolute Gasteiger partial charge is 0.238 e. The van der Waals surface area contributed by atoms with Crippen LogP contribution < -0.4 is 0 Å². The van der Waals surface area contributed by atoms with E-state index in [4.69, 9.17) is 19.4 Å². The molecule has 210 valence electrons. The van der Waals surface area contributed by atoms with Crippen LogP contribution in [0.4, 0.5) is 0 Å². The molecule has 0 aliphatic carbocycles. The topological polar surface area (TPSA) is 56.7 Å². The molecule has 0 N–H and O–H groups in total. The van der Waals surface area contributed by atoms with E-state index in [1.807, 2.05) is 42.5 Å². The van der Waals surface area contributed by atoms with Gasteiger partial charge in [0.1, 0.15) is 11.2 Å². The van der Waals surface area contributed by atoms with Crippen LogP contribution >= 0.6 is 11.3 Å². The van der Waals surface area contributed by atoms with Crippen LogP contribution in [0.1, 0.15) is 0 Å². The van der Waals surface area contributed by atoms with Crippen molar-refractivity contribution in [1.82, 2.24) is 19.5 Å². The van der Waals surface area contributed by atoms with Gasteiger partial charge in [0.05, 0.1) is 16.4 Å². The highest BCUT2D eigenvalue weighted by atomic mass is 32.1. The summed E-state index contributed by atoms with van der Waals surface area (Å²) in [5.74, 6) is 1.83. The molecule has 0 aliphatic rings. The third kappa shape index (κ3) is 3.63. The molecule has 0 amide bonds. The highest BCUT2D eigenvalue weighted by Crippen LogP contribution is 2.41. The Morgan fingerprint density at radius 1 is 0.489 bits per heavy atom. The average Bonchev–Trinajstić information content (AvgIpc) is 3.77. The number of hydrogen-bond donors (Lipinski definition) is 0. The Hall–Kier alpha value is -5.85. The summed E-state index contributed by atoms with van der Waals surface area (Å²) in [4.78, 5) is 15.3. The van der Waals surface area contributed by atoms with E-state index in [-0.39, 0.29) is 0 Å². The van der Waals surface area contributed by atoms with E-state index in [0.29, 0.717) is 17.6 Å². The number of rotatable bonds is 3. The number of nitrogens with zero attached hydrogens (tertiary/aromatic N) is 4. The molecule has 0 saturated carbocycles. The number of furan rings is 1. The summed E-state index contributed by atoms with van der Waals surface area (Å²) in [5.41, 5.74) is 5.63. The first-order chi connectivity index (χ1) is 22.3. The minimum atomic E-state index is 0.567. The van der Waals surface area contributed by atoms with E-state index in [1.54, 1.807) is 11.3 Å². The van der Waals surface area contributed by atoms with Crippen molar-refractivity contribution in [3.63, 3.8) is 0 Å². The standard InChI is InChI=1S/C39H22N4OS/c1-2-10-23(11-3-1)37-40-38(24-18-19-27-26-13-6-9-17-33(26)45-34(27)22-24)42-39(41-37)43-30-15-7-4-14-29(30)35-31(43)21-20-28-25-12-5-8-16-32(25)44-36(28)35/h1-22H. The number of para-hydroxylation sites is 2. The van der Waals surface area contributed by atoms with Crippen molar-refractivity contribution in [3.05, 3.63) is 133 Å². The van der Waals surface area contributed by atoms with Crippen molar-refractivity contribution in [2.45, 2.75) is 0 Å². The maximum atomic E-state index is 6.51. The first-order valence-corrected chi connectivity index (χ1v) is 15.7. The quantitative estimate of drug-likeness (QED) is 0.204. The van der Waals surface area contributed by atoms with E-state index >= 15 is 0 Å². The van der Waals surface area contributed by atoms with Crippen LogP contribution in [0.2, 0.25) is 0 Å². The molecule has 4 heterocycles. The van der Waals surface area contributed by atoms with Gasteiger partial charge >= 0.3 is 0 Å². The van der Waals surface area contributed by atoms with Crippen molar-refractivity contribution in [2.75, 3.05) is 0 Å². The van der Waals surface area contributed by atoms with Gasteiger partial charge in [-0.1, -0.05) is 97.1 Å². The first kappa shape index (κ1) is 24.6. The van der Waals surface area contributed by atoms with Gasteiger partial charge in [0.2, 0.25) is 5.95 Å². The van der Waals surface area contributed by atoms with Crippen LogP contribution in [0.3, 0.4) is 0 Å². The third-order valence-electron chi connectivity index (χ3n) is 8.67. The van der Waals surface area contributed by atoms with E-state index in [2.05, 4.69) is 95.6 Å². The molecule has 0 radical (unpaired) electrons. The van der Waals surface area contributed by atoms with Crippen molar-refractivity contribution < 1.29 is 4.42 Å². The monoisotopic (exact) mass is 594 g/mol. The van der Waals surface area contributed by atoms with E-state index < -0.39 is 0 Å². The molecule has 0 bridgehead atoms. The van der Waals surface area contributed by atoms with Gasteiger partial charge in [0.25, 0.3) is 0 Å². The Balaban J connectivity index is 1.27. The Bertz CT molecular complexity index is 2770. The Morgan fingerprint density at radius 2 is 1.18 bits per heavy atom. The number of thiophene rings is 1. The van der Waals surface area contributed by atoms with Crippen molar-refractivity contribution in [3.8, 4) is 28.7 Å². The first-order valence-electron chi connectivity index (χ1n) is 14.9. The summed E-state index contributed by atoms with van der Waals surface area (Å²) in [6.45, 7) is 0. The second-order valence-corrected chi connectivity index (χ2v) is 12.3. The molecule has 0 unspecified atom stereocenters. The van der Waals surface area contributed by atoms with Crippen LogP contribution in [0.25, 0.3) is 92.6 Å². The lowest BCUT2D eigenvalue weighted by molar-refractivity contribution is 0.673. The minimum absolute atomic E-state index is 0.567. The molecule has 4 aromatic heterocycles. The van der Waals surface area contributed by atoms with Gasteiger partial charge in [-0.15, -0.1) is 11.3 Å². The van der Waals surface area contributed by atoms with Gasteiger partial charge in [-0.2, -0.15) is 9.97 Å². The van der Waals surface area contributed by atoms with Gasteiger partial charge in [-0.05, 0) is 36.4 Å². The van der Waals surface area contributed by atoms with Crippen molar-refractivity contribution in [2.24, 2.45) is 0 Å². The number of hydrogen-bond acceptors (Lipinski definition) is 5. The maximum absolute atomic E-state index is 6.51. The number of benzene rings is 6. The summed E-state index contributed by atoms with van der Waals surface area (Å²) in [6, 6.07) is 46.1. The van der Waals surface area contributed by atoms with E-state index in [0.717, 1.165) is 54.9 Å². The van der Waals surface area contributed by atoms with Crippen LogP contribution in [0.15, 0.2) is 138 Å². The molecule has 0 saturated heterocycles. The predicted molar refractivity (Wildman–Crippen MR) is 185 cm³/mol. The molecule has 45 heavy (non-hydrogen) atoms. The lowest BCUT2D eigenvalue weighted by Crippen LogP contribution is -2.06. The van der Waals surface area contributed by atoms with E-state index in [9.17, 15) is 0 Å². The molecular formula is C39H22N4OS. The van der Waals surface area contributed by atoms with Gasteiger partial charge in [-0.3, -0.25) is 4.57 Å². The average molecular weight is 595 g/mol. The third-order valence-corrected chi connectivity index (χ3v) is 9.81. The van der Waals surface area contributed by atoms with Gasteiger partial charge in [-0.25, -0.2) is 4.98 Å². The highest BCUT2D eigenvalue weighted by molar-refractivity contribution is 7.25. The highest BCUT2D eigenvalue weighted by Gasteiger charge is 2.21. The zero-order valence-corrected chi connectivity index (χ0v) is 24.6. The Kier molecular flexibility index (Phi) is 5.09. The molecule has 6 heteroatoms. The Morgan fingerprint density at radius 3 is 2.07 bits per heavy atom. The summed E-state index contributed by atoms with van der Waals surface area (Å²) < 4.78 is 11.1. The van der Waals surface area contributed by atoms with Crippen LogP contribution in [-0.2, 0) is 0 Å². The second kappa shape index (κ2) is 9.32. The van der Waals surface area contributed by atoms with Crippen molar-refractivity contribution in [1.29, 1.82) is 0 Å². The van der Waals surface area contributed by atoms with Crippen LogP contribution in [0, 0.1) is 0 Å². The number of aromatic nitrogens is 4. The van der Waals surface area contributed by atoms with Crippen LogP contribution in [0.5, 0.6) is 0 Å². The summed E-state index contributed by atoms with van der Waals surface area (Å²) in [7, 11) is 0. The fourth-order valence-electron chi connectivity index (χ4n) is 6.63. The van der Waals surface area contributed by atoms with Crippen LogP contribution in [-0.4, -0.2) is 19.5 Å². The predicted octanol–water partition coefficient (Wildman–Crippen LogP) is 10.6. The molecule has 0 aliphatic heterocycles. The summed E-state index contributed by atoms with van der Waals surface area (Å²) in [5, 5.41) is 6.86. The van der Waals surface area contributed by atoms with Crippen molar-refractivity contribution >= 4 is 75.3 Å². The molecule has 10 rings (SSSR count). The maximum Gasteiger partial charge on any atom is 0.238 e. The largest absolute Gasteiger partial charge is 0.455 e. The molecule has 10 aromatic rings. The SMILES string of the molecule is c1ccc(-c2nc(-c3ccc4c(c3)sc3ccccc34)nc(-n3c4ccccc4c4c5oc6ccccc6c5ccc43)n2)cc1. The fourth-order valence-corrected chi connectivity index (χ4v) is 7.77. The molecule has 0 fully saturated rings. The minimum Gasteiger partial charge on any atom is -0.455 e. The van der Waals surface area contributed by atoms with Gasteiger partial charge in [0.15, 0.2) is 11.6 Å². The molecular weight excluding hydrogens is 573 g/mol. The van der Waals surface area contributed by atoms with Gasteiger partial charge in [0, 0.05) is 47.5 Å². The summed E-state index contributed by atoms with van der Waals surface area (Å²) in [6.07, 6.45) is 0. The summed E-state index contributed by atoms with van der Waals surface area (Å²) >= 11 is 1.79. The van der Waals surface area contributed by atoms with E-state index in [1.165, 1.54) is 20.2 Å².